The monoisotopic (exact) mass is 575 g/mol. The molecule has 0 fully saturated rings. The van der Waals surface area contributed by atoms with Gasteiger partial charge in [0.15, 0.2) is 0 Å². The first-order valence-corrected chi connectivity index (χ1v) is 14.0. The van der Waals surface area contributed by atoms with Crippen LogP contribution in [0, 0.1) is 18.3 Å². The summed E-state index contributed by atoms with van der Waals surface area (Å²) in [6, 6.07) is 32.7. The van der Waals surface area contributed by atoms with Crippen molar-refractivity contribution in [1.82, 2.24) is 10.6 Å². The fourth-order valence-electron chi connectivity index (χ4n) is 4.78. The number of aromatic carboxylic acids is 1. The molecule has 0 spiro atoms. The van der Waals surface area contributed by atoms with E-state index in [2.05, 4.69) is 16.7 Å². The molecule has 0 bridgehead atoms. The summed E-state index contributed by atoms with van der Waals surface area (Å²) < 4.78 is 5.64. The SMILES string of the molecule is Cc1cccc(C[C@H](NC(=O)C(c2ccccc2)c2ccccc2)C(=O)NC(C#N)CCOc2cccc(C(=O)O)c2)c1. The summed E-state index contributed by atoms with van der Waals surface area (Å²) in [6.45, 7) is 2.02. The van der Waals surface area contributed by atoms with Crippen LogP contribution in [0.2, 0.25) is 0 Å². The van der Waals surface area contributed by atoms with Crippen LogP contribution < -0.4 is 15.4 Å². The van der Waals surface area contributed by atoms with Crippen LogP contribution in [0.3, 0.4) is 0 Å². The molecule has 43 heavy (non-hydrogen) atoms. The first-order chi connectivity index (χ1) is 20.8. The summed E-state index contributed by atoms with van der Waals surface area (Å²) in [7, 11) is 0. The predicted octanol–water partition coefficient (Wildman–Crippen LogP) is 5.03. The van der Waals surface area contributed by atoms with Crippen molar-refractivity contribution >= 4 is 17.8 Å². The summed E-state index contributed by atoms with van der Waals surface area (Å²) in [5.41, 5.74) is 3.56. The van der Waals surface area contributed by atoms with Crippen LogP contribution in [0.4, 0.5) is 0 Å². The van der Waals surface area contributed by atoms with Crippen molar-refractivity contribution in [3.8, 4) is 11.8 Å². The number of ether oxygens (including phenoxy) is 1. The molecule has 0 heterocycles. The van der Waals surface area contributed by atoms with Crippen molar-refractivity contribution in [3.05, 3.63) is 137 Å². The van der Waals surface area contributed by atoms with E-state index in [4.69, 9.17) is 4.74 Å². The standard InChI is InChI=1S/C35H33N3O5/c1-24-10-8-11-25(20-24)21-31(38-34(40)32(26-12-4-2-5-13-26)27-14-6-3-7-15-27)33(39)37-29(23-36)18-19-43-30-17-9-16-28(22-30)35(41)42/h2-17,20,22,29,31-32H,18-19,21H2,1H3,(H,37,39)(H,38,40)(H,41,42)/t29?,31-/m0/s1. The molecule has 3 N–H and O–H groups in total. The van der Waals surface area contributed by atoms with Gasteiger partial charge < -0.3 is 20.5 Å². The van der Waals surface area contributed by atoms with Crippen LogP contribution in [0.5, 0.6) is 5.75 Å². The van der Waals surface area contributed by atoms with E-state index < -0.39 is 29.9 Å². The lowest BCUT2D eigenvalue weighted by Crippen LogP contribution is -2.51. The first kappa shape index (κ1) is 30.5. The fourth-order valence-corrected chi connectivity index (χ4v) is 4.78. The van der Waals surface area contributed by atoms with Crippen LogP contribution in [-0.2, 0) is 16.0 Å². The Balaban J connectivity index is 1.50. The molecule has 0 saturated carbocycles. The number of nitrogens with zero attached hydrogens (tertiary/aromatic N) is 1. The largest absolute Gasteiger partial charge is 0.493 e. The maximum absolute atomic E-state index is 13.9. The van der Waals surface area contributed by atoms with Gasteiger partial charge in [0.25, 0.3) is 0 Å². The molecule has 0 saturated heterocycles. The van der Waals surface area contributed by atoms with E-state index in [1.807, 2.05) is 91.9 Å². The van der Waals surface area contributed by atoms with Crippen LogP contribution in [0.1, 0.15) is 45.0 Å². The number of carbonyl (C=O) groups excluding carboxylic acids is 2. The van der Waals surface area contributed by atoms with Gasteiger partial charge in [-0.05, 0) is 41.8 Å². The number of carboxylic acid groups (broad SMARTS) is 1. The van der Waals surface area contributed by atoms with Crippen LogP contribution in [-0.4, -0.2) is 41.6 Å². The third-order valence-corrected chi connectivity index (χ3v) is 6.91. The van der Waals surface area contributed by atoms with Crippen molar-refractivity contribution in [2.75, 3.05) is 6.61 Å². The van der Waals surface area contributed by atoms with Crippen LogP contribution in [0.15, 0.2) is 109 Å². The maximum Gasteiger partial charge on any atom is 0.335 e. The lowest BCUT2D eigenvalue weighted by molar-refractivity contribution is -0.129. The molecule has 4 aromatic carbocycles. The molecule has 0 aliphatic heterocycles. The van der Waals surface area contributed by atoms with E-state index >= 15 is 0 Å². The topological polar surface area (TPSA) is 129 Å². The maximum atomic E-state index is 13.9. The molecule has 218 valence electrons. The Hall–Kier alpha value is -5.42. The van der Waals surface area contributed by atoms with E-state index in [1.165, 1.54) is 12.1 Å². The number of rotatable bonds is 13. The third-order valence-electron chi connectivity index (χ3n) is 6.91. The fraction of sp³-hybridized carbons (Fsp3) is 0.200. The minimum atomic E-state index is -1.07. The molecule has 0 aliphatic rings. The quantitative estimate of drug-likeness (QED) is 0.205. The van der Waals surface area contributed by atoms with Gasteiger partial charge in [-0.15, -0.1) is 0 Å². The number of benzene rings is 4. The highest BCUT2D eigenvalue weighted by Crippen LogP contribution is 2.25. The van der Waals surface area contributed by atoms with Gasteiger partial charge in [-0.25, -0.2) is 4.79 Å². The number of carboxylic acids is 1. The summed E-state index contributed by atoms with van der Waals surface area (Å²) in [5.74, 6) is -2.19. The molecular formula is C35H33N3O5. The summed E-state index contributed by atoms with van der Waals surface area (Å²) in [6.07, 6.45) is 0.382. The molecule has 8 heteroatoms. The van der Waals surface area contributed by atoms with Gasteiger partial charge in [0, 0.05) is 12.8 Å². The molecule has 4 aromatic rings. The Kier molecular flexibility index (Phi) is 10.6. The number of nitrogens with one attached hydrogen (secondary N) is 2. The predicted molar refractivity (Wildman–Crippen MR) is 163 cm³/mol. The Morgan fingerprint density at radius 1 is 0.814 bits per heavy atom. The minimum absolute atomic E-state index is 0.0700. The molecule has 0 aliphatic carbocycles. The van der Waals surface area contributed by atoms with Crippen molar-refractivity contribution in [1.29, 1.82) is 5.26 Å². The molecule has 8 nitrogen and oxygen atoms in total. The van der Waals surface area contributed by atoms with Crippen molar-refractivity contribution in [3.63, 3.8) is 0 Å². The highest BCUT2D eigenvalue weighted by Gasteiger charge is 2.29. The van der Waals surface area contributed by atoms with Crippen molar-refractivity contribution in [2.24, 2.45) is 0 Å². The van der Waals surface area contributed by atoms with E-state index in [9.17, 15) is 24.8 Å². The Morgan fingerprint density at radius 2 is 1.47 bits per heavy atom. The number of aryl methyl sites for hydroxylation is 1. The van der Waals surface area contributed by atoms with E-state index in [0.717, 1.165) is 22.3 Å². The number of amides is 2. The van der Waals surface area contributed by atoms with Crippen molar-refractivity contribution in [2.45, 2.75) is 37.8 Å². The Labute approximate surface area is 251 Å². The Morgan fingerprint density at radius 3 is 2.07 bits per heavy atom. The van der Waals surface area contributed by atoms with Crippen molar-refractivity contribution < 1.29 is 24.2 Å². The average molecular weight is 576 g/mol. The number of carbonyl (C=O) groups is 3. The smallest absolute Gasteiger partial charge is 0.335 e. The van der Waals surface area contributed by atoms with Gasteiger partial charge in [-0.2, -0.15) is 5.26 Å². The van der Waals surface area contributed by atoms with Gasteiger partial charge in [0.1, 0.15) is 17.8 Å². The summed E-state index contributed by atoms with van der Waals surface area (Å²) >= 11 is 0. The van der Waals surface area contributed by atoms with E-state index in [0.29, 0.717) is 5.75 Å². The lowest BCUT2D eigenvalue weighted by atomic mass is 9.90. The molecule has 4 rings (SSSR count). The van der Waals surface area contributed by atoms with Gasteiger partial charge >= 0.3 is 5.97 Å². The second kappa shape index (κ2) is 15.0. The second-order valence-corrected chi connectivity index (χ2v) is 10.2. The van der Waals surface area contributed by atoms with E-state index in [-0.39, 0.29) is 30.9 Å². The van der Waals surface area contributed by atoms with Gasteiger partial charge in [0.05, 0.1) is 24.2 Å². The lowest BCUT2D eigenvalue weighted by Gasteiger charge is -2.24. The zero-order valence-electron chi connectivity index (χ0n) is 23.8. The van der Waals surface area contributed by atoms with Crippen LogP contribution >= 0.6 is 0 Å². The zero-order chi connectivity index (χ0) is 30.6. The highest BCUT2D eigenvalue weighted by molar-refractivity contribution is 5.93. The minimum Gasteiger partial charge on any atom is -0.493 e. The third kappa shape index (κ3) is 8.78. The van der Waals surface area contributed by atoms with Gasteiger partial charge in [0.2, 0.25) is 11.8 Å². The van der Waals surface area contributed by atoms with Gasteiger partial charge in [-0.1, -0.05) is 96.6 Å². The normalized spacial score (nSPS) is 12.0. The molecular weight excluding hydrogens is 542 g/mol. The first-order valence-electron chi connectivity index (χ1n) is 14.0. The van der Waals surface area contributed by atoms with Gasteiger partial charge in [-0.3, -0.25) is 9.59 Å². The van der Waals surface area contributed by atoms with Crippen LogP contribution in [0.25, 0.3) is 0 Å². The zero-order valence-corrected chi connectivity index (χ0v) is 23.8. The molecule has 2 amide bonds. The molecule has 1 unspecified atom stereocenters. The molecule has 0 aromatic heterocycles. The molecule has 0 radical (unpaired) electrons. The highest BCUT2D eigenvalue weighted by atomic mass is 16.5. The summed E-state index contributed by atoms with van der Waals surface area (Å²) in [4.78, 5) is 38.7. The Bertz CT molecular complexity index is 1540. The molecule has 2 atom stereocenters. The number of nitriles is 1. The van der Waals surface area contributed by atoms with E-state index in [1.54, 1.807) is 12.1 Å². The second-order valence-electron chi connectivity index (χ2n) is 10.2. The average Bonchev–Trinajstić information content (AvgIpc) is 3.01. The number of hydrogen-bond donors (Lipinski definition) is 3. The number of hydrogen-bond acceptors (Lipinski definition) is 5. The summed E-state index contributed by atoms with van der Waals surface area (Å²) in [5, 5.41) is 24.7.